The number of pyridine rings is 2. The molecule has 0 amide bonds. The van der Waals surface area contributed by atoms with Gasteiger partial charge in [0.2, 0.25) is 28.6 Å². The van der Waals surface area contributed by atoms with Crippen molar-refractivity contribution in [2.24, 2.45) is 10.8 Å². The van der Waals surface area contributed by atoms with Crippen LogP contribution >= 0.6 is 0 Å². The van der Waals surface area contributed by atoms with Gasteiger partial charge in [0, 0.05) is 58.8 Å². The molecule has 2 saturated carbocycles. The molecule has 280 valence electrons. The lowest BCUT2D eigenvalue weighted by Crippen LogP contribution is -2.20. The van der Waals surface area contributed by atoms with E-state index in [1.165, 1.54) is 0 Å². The van der Waals surface area contributed by atoms with Gasteiger partial charge < -0.3 is 35.2 Å². The van der Waals surface area contributed by atoms with Gasteiger partial charge in [0.05, 0.1) is 17.6 Å². The maximum absolute atomic E-state index is 13.3. The van der Waals surface area contributed by atoms with Gasteiger partial charge in [-0.1, -0.05) is 12.1 Å². The molecule has 6 heterocycles. The molecule has 2 aliphatic rings. The van der Waals surface area contributed by atoms with Gasteiger partial charge >= 0.3 is 0 Å². The van der Waals surface area contributed by atoms with Crippen molar-refractivity contribution in [1.82, 2.24) is 43.9 Å². The number of fused-ring (bicyclic) bond motifs is 6. The fourth-order valence-electron chi connectivity index (χ4n) is 7.40. The Labute approximate surface area is 315 Å². The molecule has 10 rings (SSSR count). The first-order chi connectivity index (χ1) is 27.2. The van der Waals surface area contributed by atoms with E-state index in [4.69, 9.17) is 31.6 Å². The number of aryl methyl sites for hydroxylation is 2. The quantitative estimate of drug-likeness (QED) is 0.121. The Balaban J connectivity index is 0.000000147. The smallest absolute Gasteiger partial charge is 0.281 e. The standard InChI is InChI=1S/C19H16N8O2.C19H18N6O2/c1-9-12(10-6-22-19(20)23-7-10)4-5-13-16(9)27(11-2-3-11)18(28)15-17(13)29-14(25-15)8-24-26-21;1-9-12(10-7-22-19(21)23-8-10)4-5-13-16(9)25(11-2-3-11)18(26)15-17(13)27-14(6-20)24-15/h4-7,11,21H,2-3,8H2,1H3,(H-,20,22,23,28);4-5,7-8,11H,2-3,6,20H2,1H3,(H2,21,22,23)/p+1. The van der Waals surface area contributed by atoms with Crippen molar-refractivity contribution in [2.45, 2.75) is 64.7 Å². The van der Waals surface area contributed by atoms with Crippen LogP contribution in [0.1, 0.15) is 60.7 Å². The highest BCUT2D eigenvalue weighted by Crippen LogP contribution is 2.42. The molecule has 0 atom stereocenters. The monoisotopic (exact) mass is 751 g/mol. The molecule has 56 heavy (non-hydrogen) atoms. The van der Waals surface area contributed by atoms with Crippen LogP contribution in [-0.4, -0.2) is 39.0 Å². The zero-order chi connectivity index (χ0) is 38.8. The molecule has 2 fully saturated rings. The van der Waals surface area contributed by atoms with E-state index >= 15 is 0 Å². The lowest BCUT2D eigenvalue weighted by Gasteiger charge is -2.15. The number of hydrogen-bond acceptors (Lipinski definition) is 15. The van der Waals surface area contributed by atoms with Gasteiger partial charge in [0.1, 0.15) is 10.6 Å². The highest BCUT2D eigenvalue weighted by atomic mass is 16.4. The van der Waals surface area contributed by atoms with Crippen molar-refractivity contribution >= 4 is 55.9 Å². The summed E-state index contributed by atoms with van der Waals surface area (Å²) in [5, 5.41) is 5.27. The molecular weight excluding hydrogens is 717 g/mol. The van der Waals surface area contributed by atoms with Crippen molar-refractivity contribution in [2.75, 3.05) is 11.5 Å². The molecule has 2 aliphatic carbocycles. The van der Waals surface area contributed by atoms with Crippen molar-refractivity contribution in [3.8, 4) is 22.3 Å². The van der Waals surface area contributed by atoms with E-state index in [2.05, 4.69) is 39.9 Å². The Morgan fingerprint density at radius 1 is 0.732 bits per heavy atom. The Kier molecular flexibility index (Phi) is 8.21. The van der Waals surface area contributed by atoms with Gasteiger partial charge in [-0.25, -0.2) is 29.9 Å². The summed E-state index contributed by atoms with van der Waals surface area (Å²) in [6.07, 6.45) is 10.6. The molecule has 0 saturated heterocycles. The minimum Gasteiger partial charge on any atom is -0.438 e. The maximum atomic E-state index is 13.3. The first-order valence-corrected chi connectivity index (χ1v) is 18.0. The van der Waals surface area contributed by atoms with Gasteiger partial charge in [0.25, 0.3) is 11.1 Å². The predicted octanol–water partition coefficient (Wildman–Crippen LogP) is 5.16. The molecule has 0 aliphatic heterocycles. The molecule has 0 unspecified atom stereocenters. The average molecular weight is 752 g/mol. The Bertz CT molecular complexity index is 3040. The second-order valence-electron chi connectivity index (χ2n) is 13.9. The zero-order valence-electron chi connectivity index (χ0n) is 30.4. The topological polar surface area (TPSA) is 276 Å². The molecule has 18 nitrogen and oxygen atoms in total. The third kappa shape index (κ3) is 5.75. The number of nitrogens with zero attached hydrogens (tertiary/aromatic N) is 10. The second-order valence-corrected chi connectivity index (χ2v) is 13.9. The van der Waals surface area contributed by atoms with Crippen LogP contribution in [0.3, 0.4) is 0 Å². The fraction of sp³-hybridized carbons (Fsp3) is 0.263. The summed E-state index contributed by atoms with van der Waals surface area (Å²) in [5.41, 5.74) is 32.1. The maximum Gasteiger partial charge on any atom is 0.281 e. The number of oxazole rings is 2. The van der Waals surface area contributed by atoms with Crippen LogP contribution in [0.5, 0.6) is 0 Å². The molecule has 0 spiro atoms. The van der Waals surface area contributed by atoms with Crippen molar-refractivity contribution < 1.29 is 8.83 Å². The molecule has 7 N–H and O–H groups in total. The Morgan fingerprint density at radius 3 is 1.57 bits per heavy atom. The van der Waals surface area contributed by atoms with Crippen molar-refractivity contribution in [1.29, 1.82) is 5.53 Å². The van der Waals surface area contributed by atoms with Gasteiger partial charge in [-0.3, -0.25) is 9.59 Å². The molecule has 0 radical (unpaired) electrons. The summed E-state index contributed by atoms with van der Waals surface area (Å²) >= 11 is 0. The van der Waals surface area contributed by atoms with Crippen LogP contribution in [0, 0.1) is 19.4 Å². The van der Waals surface area contributed by atoms with E-state index in [0.29, 0.717) is 22.6 Å². The number of benzene rings is 2. The number of hydrogen-bond donors (Lipinski definition) is 4. The first-order valence-electron chi connectivity index (χ1n) is 18.0. The van der Waals surface area contributed by atoms with E-state index in [1.807, 2.05) is 47.2 Å². The molecule has 0 bridgehead atoms. The SMILES string of the molecule is Cc1c(-c2cnc(N)nc2)ccc2c3oc(CN)nc3c(=O)n(C3CC3)c12.Cc1c(-c2cnc(N)nc2)ccc2c3oc(CN=[N+]=N)nc3c(=O)n(C3CC3)c12. The summed E-state index contributed by atoms with van der Waals surface area (Å²) in [6, 6.07) is 8.17. The number of nitrogen functional groups attached to an aromatic ring is 2. The third-order valence-electron chi connectivity index (χ3n) is 10.3. The highest BCUT2D eigenvalue weighted by Gasteiger charge is 2.32. The fourth-order valence-corrected chi connectivity index (χ4v) is 7.40. The number of rotatable bonds is 7. The predicted molar refractivity (Wildman–Crippen MR) is 207 cm³/mol. The van der Waals surface area contributed by atoms with Crippen LogP contribution in [0.2, 0.25) is 0 Å². The van der Waals surface area contributed by atoms with Crippen LogP contribution in [0.15, 0.2) is 72.6 Å². The summed E-state index contributed by atoms with van der Waals surface area (Å²) in [7, 11) is 0. The van der Waals surface area contributed by atoms with Crippen LogP contribution < -0.4 is 33.2 Å². The highest BCUT2D eigenvalue weighted by molar-refractivity contribution is 6.05. The van der Waals surface area contributed by atoms with Gasteiger partial charge in [0.15, 0.2) is 28.7 Å². The minimum absolute atomic E-state index is 0.0163. The van der Waals surface area contributed by atoms with Gasteiger partial charge in [-0.15, -0.1) is 0 Å². The first kappa shape index (κ1) is 34.6. The van der Waals surface area contributed by atoms with Crippen molar-refractivity contribution in [3.63, 3.8) is 0 Å². The van der Waals surface area contributed by atoms with E-state index < -0.39 is 0 Å². The van der Waals surface area contributed by atoms with Gasteiger partial charge in [-0.2, -0.15) is 0 Å². The van der Waals surface area contributed by atoms with Crippen LogP contribution in [0.4, 0.5) is 11.9 Å². The van der Waals surface area contributed by atoms with Crippen LogP contribution in [0.25, 0.3) is 66.3 Å². The largest absolute Gasteiger partial charge is 0.438 e. The summed E-state index contributed by atoms with van der Waals surface area (Å²) < 4.78 is 15.3. The summed E-state index contributed by atoms with van der Waals surface area (Å²) in [4.78, 5) is 54.4. The lowest BCUT2D eigenvalue weighted by molar-refractivity contribution is 0.528. The van der Waals surface area contributed by atoms with Crippen molar-refractivity contribution in [3.05, 3.63) is 92.7 Å². The average Bonchev–Trinajstić information content (AvgIpc) is 4.14. The molecular formula is C38H35N14O4+. The molecule has 6 aromatic heterocycles. The van der Waals surface area contributed by atoms with E-state index in [9.17, 15) is 9.59 Å². The molecule has 18 heteroatoms. The van der Waals surface area contributed by atoms with E-state index in [-0.39, 0.29) is 59.6 Å². The summed E-state index contributed by atoms with van der Waals surface area (Å²) in [5.74, 6) is 1.06. The second kappa shape index (κ2) is 13.3. The van der Waals surface area contributed by atoms with Gasteiger partial charge in [-0.05, 0) is 73.9 Å². The normalized spacial score (nSPS) is 14.0. The van der Waals surface area contributed by atoms with Crippen LogP contribution in [-0.2, 0) is 13.1 Å². The zero-order valence-corrected chi connectivity index (χ0v) is 30.4. The molecule has 2 aromatic carbocycles. The minimum atomic E-state index is -0.179. The van der Waals surface area contributed by atoms with E-state index in [0.717, 1.165) is 80.9 Å². The third-order valence-corrected chi connectivity index (χ3v) is 10.3. The number of aromatic nitrogens is 8. The lowest BCUT2D eigenvalue weighted by atomic mass is 9.99. The van der Waals surface area contributed by atoms with E-state index in [1.54, 1.807) is 24.8 Å². The number of anilines is 2. The number of nitrogens with two attached hydrogens (primary N) is 3. The molecule has 8 aromatic rings. The number of nitrogens with one attached hydrogen (secondary N) is 1. The Hall–Kier alpha value is -7.17. The summed E-state index contributed by atoms with van der Waals surface area (Å²) in [6.45, 7) is 4.14. The Morgan fingerprint density at radius 2 is 1.16 bits per heavy atom.